The van der Waals surface area contributed by atoms with Gasteiger partial charge in [0.2, 0.25) is 0 Å². The second-order valence-corrected chi connectivity index (χ2v) is 15.0. The van der Waals surface area contributed by atoms with E-state index in [1.807, 2.05) is 62.4 Å². The van der Waals surface area contributed by atoms with Gasteiger partial charge in [0.25, 0.3) is 5.91 Å². The van der Waals surface area contributed by atoms with Crippen molar-refractivity contribution < 1.29 is 43.5 Å². The Labute approximate surface area is 282 Å². The molecule has 10 heteroatoms. The summed E-state index contributed by atoms with van der Waals surface area (Å²) < 4.78 is 27.2. The van der Waals surface area contributed by atoms with Crippen LogP contribution in [-0.2, 0) is 46.4 Å². The normalized spacial score (nSPS) is 37.0. The van der Waals surface area contributed by atoms with Crippen LogP contribution in [0, 0.1) is 17.3 Å². The first kappa shape index (κ1) is 34.3. The topological polar surface area (TPSA) is 132 Å². The quantitative estimate of drug-likeness (QED) is 0.291. The van der Waals surface area contributed by atoms with Crippen LogP contribution in [0.4, 0.5) is 0 Å². The van der Waals surface area contributed by atoms with Crippen LogP contribution < -0.4 is 0 Å². The molecule has 0 aromatic heterocycles. The maximum Gasteiger partial charge on any atom is 0.340 e. The van der Waals surface area contributed by atoms with Gasteiger partial charge in [0, 0.05) is 25.8 Å². The molecule has 2 aromatic rings. The molecule has 2 aliphatic heterocycles. The van der Waals surface area contributed by atoms with Crippen molar-refractivity contribution in [1.82, 2.24) is 4.90 Å². The Bertz CT molecular complexity index is 1570. The number of carboxylic acids is 1. The average Bonchev–Trinajstić information content (AvgIpc) is 3.22. The van der Waals surface area contributed by atoms with Gasteiger partial charge in [0.15, 0.2) is 0 Å². The molecular weight excluding hydrogens is 614 g/mol. The average molecular weight is 662 g/mol. The van der Waals surface area contributed by atoms with Crippen LogP contribution in [0.15, 0.2) is 72.3 Å². The zero-order valence-electron chi connectivity index (χ0n) is 28.5. The summed E-state index contributed by atoms with van der Waals surface area (Å²) in [4.78, 5) is 39.0. The summed E-state index contributed by atoms with van der Waals surface area (Å²) in [6, 6.07) is 19.9. The van der Waals surface area contributed by atoms with Crippen molar-refractivity contribution in [2.75, 3.05) is 7.05 Å². The van der Waals surface area contributed by atoms with Gasteiger partial charge in [-0.2, -0.15) is 0 Å². The second kappa shape index (κ2) is 12.4. The van der Waals surface area contributed by atoms with Gasteiger partial charge in [-0.05, 0) is 57.1 Å². The lowest BCUT2D eigenvalue weighted by molar-refractivity contribution is -0.339. The number of fused-ring (bicyclic) bond motifs is 1. The molecule has 2 bridgehead atoms. The van der Waals surface area contributed by atoms with Gasteiger partial charge in [-0.3, -0.25) is 9.59 Å². The third kappa shape index (κ3) is 5.56. The van der Waals surface area contributed by atoms with E-state index in [-0.39, 0.29) is 24.5 Å². The monoisotopic (exact) mass is 661 g/mol. The molecule has 10 nitrogen and oxygen atoms in total. The lowest BCUT2D eigenvalue weighted by atomic mass is 9.46. The number of carboxylic acid groups (broad SMARTS) is 1. The number of amides is 1. The summed E-state index contributed by atoms with van der Waals surface area (Å²) in [7, 11) is 1.51. The molecule has 2 saturated carbocycles. The largest absolute Gasteiger partial charge is 0.478 e. The summed E-state index contributed by atoms with van der Waals surface area (Å²) in [6.45, 7) is 9.32. The molecule has 2 aliphatic carbocycles. The molecule has 9 atom stereocenters. The van der Waals surface area contributed by atoms with Gasteiger partial charge < -0.3 is 34.1 Å². The maximum absolute atomic E-state index is 13.1. The van der Waals surface area contributed by atoms with E-state index in [0.29, 0.717) is 19.3 Å². The minimum Gasteiger partial charge on any atom is -0.478 e. The molecule has 4 aliphatic rings. The van der Waals surface area contributed by atoms with E-state index >= 15 is 0 Å². The highest BCUT2D eigenvalue weighted by Crippen LogP contribution is 2.69. The first-order valence-electron chi connectivity index (χ1n) is 16.8. The Morgan fingerprint density at radius 1 is 0.958 bits per heavy atom. The summed E-state index contributed by atoms with van der Waals surface area (Å²) >= 11 is 0. The van der Waals surface area contributed by atoms with Crippen LogP contribution >= 0.6 is 0 Å². The second-order valence-electron chi connectivity index (χ2n) is 15.0. The Morgan fingerprint density at radius 3 is 2.19 bits per heavy atom. The first-order valence-corrected chi connectivity index (χ1v) is 16.8. The number of likely N-dealkylation sites (N-methyl/N-ethyl adjacent to an activating group) is 1. The summed E-state index contributed by atoms with van der Waals surface area (Å²) in [5, 5.41) is 22.4. The molecule has 2 aromatic carbocycles. The Morgan fingerprint density at radius 2 is 1.58 bits per heavy atom. The Kier molecular flexibility index (Phi) is 8.86. The SMILES string of the molecule is CC(=O)O[C@H]1[C@@H]2[C@@H](O[C@H]3CC=C(C(=O)O)C(=O)N3C)[C@]3(OC2(C)C)[C@@](C)(O)C[C@H](Cc2ccccc2)C[C@@]3(C)[C@H]1OCc1ccccc1. The van der Waals surface area contributed by atoms with Gasteiger partial charge >= 0.3 is 11.9 Å². The Hall–Kier alpha value is -3.57. The number of hydrogen-bond acceptors (Lipinski definition) is 8. The van der Waals surface area contributed by atoms with E-state index in [1.165, 1.54) is 24.9 Å². The summed E-state index contributed by atoms with van der Waals surface area (Å²) in [6.07, 6.45) is -0.0101. The van der Waals surface area contributed by atoms with Crippen molar-refractivity contribution in [2.45, 2.75) is 108 Å². The first-order chi connectivity index (χ1) is 22.6. The molecule has 2 N–H and O–H groups in total. The minimum atomic E-state index is -1.45. The van der Waals surface area contributed by atoms with Crippen molar-refractivity contribution in [3.63, 3.8) is 0 Å². The fraction of sp³-hybridized carbons (Fsp3) is 0.553. The highest BCUT2D eigenvalue weighted by molar-refractivity contribution is 6.16. The van der Waals surface area contributed by atoms with Crippen molar-refractivity contribution in [1.29, 1.82) is 0 Å². The number of aliphatic hydroxyl groups is 1. The number of rotatable bonds is 9. The molecule has 6 rings (SSSR count). The molecule has 0 unspecified atom stereocenters. The van der Waals surface area contributed by atoms with E-state index in [0.717, 1.165) is 11.1 Å². The van der Waals surface area contributed by atoms with Crippen LogP contribution in [0.3, 0.4) is 0 Å². The van der Waals surface area contributed by atoms with E-state index in [2.05, 4.69) is 19.1 Å². The standard InChI is InChI=1S/C38H47NO9/c1-23(40)46-30-29-31(47-28-18-17-27(34(42)43)33(41)39(28)6)38(48-35(29,2)3)36(4,32(30)45-22-25-15-11-8-12-16-25)20-26(21-37(38,5)44)19-24-13-9-7-10-14-24/h7-17,26,28-32,44H,18-22H2,1-6H3,(H,42,43)/t26-,28+,29-,30+,31-,32+,36+,37+,38-/m1/s1. The van der Waals surface area contributed by atoms with Crippen molar-refractivity contribution in [2.24, 2.45) is 17.3 Å². The zero-order chi connectivity index (χ0) is 34.6. The molecule has 48 heavy (non-hydrogen) atoms. The molecule has 1 spiro atoms. The molecular formula is C38H47NO9. The fourth-order valence-electron chi connectivity index (χ4n) is 9.53. The van der Waals surface area contributed by atoms with E-state index in [1.54, 1.807) is 6.92 Å². The fourth-order valence-corrected chi connectivity index (χ4v) is 9.53. The number of benzene rings is 2. The minimum absolute atomic E-state index is 0.0170. The van der Waals surface area contributed by atoms with Gasteiger partial charge in [0.1, 0.15) is 35.7 Å². The summed E-state index contributed by atoms with van der Waals surface area (Å²) in [5.74, 6) is -3.04. The van der Waals surface area contributed by atoms with Crippen LogP contribution in [0.5, 0.6) is 0 Å². The number of carbonyl (C=O) groups is 3. The lowest BCUT2D eigenvalue weighted by Crippen LogP contribution is -2.79. The van der Waals surface area contributed by atoms with E-state index in [9.17, 15) is 24.6 Å². The number of nitrogens with zero attached hydrogens (tertiary/aromatic N) is 1. The molecule has 1 saturated heterocycles. The highest BCUT2D eigenvalue weighted by atomic mass is 16.6. The number of ether oxygens (including phenoxy) is 4. The van der Waals surface area contributed by atoms with Gasteiger partial charge in [0.05, 0.1) is 23.7 Å². The van der Waals surface area contributed by atoms with Gasteiger partial charge in [-0.15, -0.1) is 0 Å². The molecule has 258 valence electrons. The number of esters is 1. The predicted molar refractivity (Wildman–Crippen MR) is 175 cm³/mol. The molecule has 1 amide bonds. The van der Waals surface area contributed by atoms with Crippen LogP contribution in [0.2, 0.25) is 0 Å². The van der Waals surface area contributed by atoms with Crippen molar-refractivity contribution in [3.05, 3.63) is 83.4 Å². The molecule has 0 radical (unpaired) electrons. The number of aliphatic carboxylic acids is 1. The van der Waals surface area contributed by atoms with E-state index in [4.69, 9.17) is 18.9 Å². The van der Waals surface area contributed by atoms with Crippen molar-refractivity contribution in [3.8, 4) is 0 Å². The number of carbonyl (C=O) groups excluding carboxylic acids is 2. The molecule has 3 fully saturated rings. The van der Waals surface area contributed by atoms with E-state index < -0.39 is 70.5 Å². The number of hydrogen-bond donors (Lipinski definition) is 2. The third-order valence-electron chi connectivity index (χ3n) is 11.3. The predicted octanol–water partition coefficient (Wildman–Crippen LogP) is 4.68. The van der Waals surface area contributed by atoms with Gasteiger partial charge in [-0.25, -0.2) is 4.79 Å². The molecule has 2 heterocycles. The lowest BCUT2D eigenvalue weighted by Gasteiger charge is -2.66. The zero-order valence-corrected chi connectivity index (χ0v) is 28.5. The third-order valence-corrected chi connectivity index (χ3v) is 11.3. The van der Waals surface area contributed by atoms with Crippen LogP contribution in [0.1, 0.15) is 65.0 Å². The van der Waals surface area contributed by atoms with Crippen molar-refractivity contribution >= 4 is 17.8 Å². The van der Waals surface area contributed by atoms with Crippen LogP contribution in [0.25, 0.3) is 0 Å². The smallest absolute Gasteiger partial charge is 0.340 e. The van der Waals surface area contributed by atoms with Gasteiger partial charge in [-0.1, -0.05) is 73.7 Å². The Balaban J connectivity index is 1.49. The summed E-state index contributed by atoms with van der Waals surface area (Å²) in [5.41, 5.74) is -2.96. The maximum atomic E-state index is 13.1. The highest BCUT2D eigenvalue weighted by Gasteiger charge is 2.82. The van der Waals surface area contributed by atoms with Crippen LogP contribution in [-0.4, -0.2) is 81.3 Å².